The van der Waals surface area contributed by atoms with Gasteiger partial charge in [-0.1, -0.05) is 0 Å². The number of nitrogens with zero attached hydrogens (tertiary/aromatic N) is 1. The zero-order valence-corrected chi connectivity index (χ0v) is 8.64. The molecule has 0 saturated carbocycles. The van der Waals surface area contributed by atoms with E-state index in [2.05, 4.69) is 0 Å². The highest BCUT2D eigenvalue weighted by Gasteiger charge is 2.15. The molecule has 5 heteroatoms. The van der Waals surface area contributed by atoms with Crippen LogP contribution in [-0.2, 0) is 0 Å². The maximum absolute atomic E-state index is 10.6. The van der Waals surface area contributed by atoms with Gasteiger partial charge >= 0.3 is 6.09 Å². The van der Waals surface area contributed by atoms with E-state index in [4.69, 9.17) is 28.3 Å². The molecule has 12 heavy (non-hydrogen) atoms. The van der Waals surface area contributed by atoms with E-state index in [1.54, 1.807) is 13.8 Å². The highest BCUT2D eigenvalue weighted by molar-refractivity contribution is 6.21. The molecule has 2 unspecified atom stereocenters. The molecule has 0 aromatic carbocycles. The van der Waals surface area contributed by atoms with Gasteiger partial charge in [0.05, 0.1) is 0 Å². The highest BCUT2D eigenvalue weighted by atomic mass is 35.5. The summed E-state index contributed by atoms with van der Waals surface area (Å²) in [5.74, 6) is 0. The summed E-state index contributed by atoms with van der Waals surface area (Å²) in [4.78, 5) is 11.8. The Balaban J connectivity index is 3.96. The second-order valence-corrected chi connectivity index (χ2v) is 4.24. The Bertz CT molecular complexity index is 140. The summed E-state index contributed by atoms with van der Waals surface area (Å²) < 4.78 is 0. The van der Waals surface area contributed by atoms with Crippen LogP contribution >= 0.6 is 23.2 Å². The van der Waals surface area contributed by atoms with Gasteiger partial charge in [-0.3, -0.25) is 0 Å². The van der Waals surface area contributed by atoms with Crippen LogP contribution in [0.25, 0.3) is 0 Å². The minimum atomic E-state index is -0.977. The fourth-order valence-corrected chi connectivity index (χ4v) is 1.17. The summed E-state index contributed by atoms with van der Waals surface area (Å²) in [6, 6.07) is 0. The zero-order chi connectivity index (χ0) is 9.72. The summed E-state index contributed by atoms with van der Waals surface area (Å²) in [6.07, 6.45) is -0.977. The first kappa shape index (κ1) is 11.8. The van der Waals surface area contributed by atoms with Gasteiger partial charge in [-0.05, 0) is 13.8 Å². The number of carboxylic acid groups (broad SMARTS) is 1. The van der Waals surface area contributed by atoms with Crippen molar-refractivity contribution in [1.29, 1.82) is 0 Å². The largest absolute Gasteiger partial charge is 0.465 e. The van der Waals surface area contributed by atoms with Crippen LogP contribution in [0, 0.1) is 0 Å². The van der Waals surface area contributed by atoms with Gasteiger partial charge in [0.2, 0.25) is 0 Å². The van der Waals surface area contributed by atoms with Gasteiger partial charge in [-0.25, -0.2) is 4.79 Å². The van der Waals surface area contributed by atoms with Gasteiger partial charge in [0.15, 0.2) is 0 Å². The van der Waals surface area contributed by atoms with E-state index in [9.17, 15) is 4.79 Å². The van der Waals surface area contributed by atoms with E-state index in [-0.39, 0.29) is 10.8 Å². The fraction of sp³-hybridized carbons (Fsp3) is 0.857. The molecule has 0 spiro atoms. The third kappa shape index (κ3) is 5.49. The minimum absolute atomic E-state index is 0.184. The Kier molecular flexibility index (Phi) is 5.42. The van der Waals surface area contributed by atoms with Gasteiger partial charge in [-0.2, -0.15) is 0 Å². The molecule has 3 nitrogen and oxygen atoms in total. The van der Waals surface area contributed by atoms with Gasteiger partial charge in [-0.15, -0.1) is 23.2 Å². The average Bonchev–Trinajstić information content (AvgIpc) is 1.83. The Labute approximate surface area is 82.3 Å². The van der Waals surface area contributed by atoms with Crippen molar-refractivity contribution in [2.24, 2.45) is 0 Å². The first-order chi connectivity index (χ1) is 5.43. The summed E-state index contributed by atoms with van der Waals surface area (Å²) in [5.41, 5.74) is 0. The van der Waals surface area contributed by atoms with Crippen molar-refractivity contribution in [2.75, 3.05) is 13.1 Å². The van der Waals surface area contributed by atoms with Crippen LogP contribution < -0.4 is 0 Å². The van der Waals surface area contributed by atoms with Crippen LogP contribution in [0.5, 0.6) is 0 Å². The molecular formula is C7H13Cl2NO2. The van der Waals surface area contributed by atoms with Crippen molar-refractivity contribution in [2.45, 2.75) is 24.6 Å². The molecule has 0 aromatic heterocycles. The first-order valence-corrected chi connectivity index (χ1v) is 4.56. The molecule has 0 aliphatic heterocycles. The van der Waals surface area contributed by atoms with Crippen LogP contribution in [-0.4, -0.2) is 39.9 Å². The zero-order valence-electron chi connectivity index (χ0n) is 7.13. The Morgan fingerprint density at radius 1 is 1.33 bits per heavy atom. The number of halogens is 2. The standard InChI is InChI=1S/C7H13Cl2NO2/c1-5(8)3-10(7(11)12)4-6(2)9/h5-6H,3-4H2,1-2H3,(H,11,12). The van der Waals surface area contributed by atoms with E-state index >= 15 is 0 Å². The third-order valence-corrected chi connectivity index (χ3v) is 1.49. The van der Waals surface area contributed by atoms with Crippen molar-refractivity contribution in [1.82, 2.24) is 4.90 Å². The van der Waals surface area contributed by atoms with E-state index < -0.39 is 6.09 Å². The van der Waals surface area contributed by atoms with Crippen molar-refractivity contribution in [3.05, 3.63) is 0 Å². The van der Waals surface area contributed by atoms with E-state index in [0.29, 0.717) is 13.1 Å². The van der Waals surface area contributed by atoms with Gasteiger partial charge in [0, 0.05) is 23.8 Å². The normalized spacial score (nSPS) is 15.3. The summed E-state index contributed by atoms with van der Waals surface area (Å²) in [7, 11) is 0. The van der Waals surface area contributed by atoms with Crippen LogP contribution in [0.2, 0.25) is 0 Å². The molecule has 1 amide bonds. The maximum atomic E-state index is 10.6. The minimum Gasteiger partial charge on any atom is -0.465 e. The Morgan fingerprint density at radius 3 is 1.83 bits per heavy atom. The molecule has 0 saturated heterocycles. The number of rotatable bonds is 4. The summed E-state index contributed by atoms with van der Waals surface area (Å²) >= 11 is 11.3. The molecule has 0 aromatic rings. The number of carbonyl (C=O) groups is 1. The molecule has 0 radical (unpaired) electrons. The van der Waals surface area contributed by atoms with Gasteiger partial charge in [0.25, 0.3) is 0 Å². The summed E-state index contributed by atoms with van der Waals surface area (Å²) in [5, 5.41) is 8.31. The van der Waals surface area contributed by atoms with Crippen LogP contribution in [0.3, 0.4) is 0 Å². The van der Waals surface area contributed by atoms with Gasteiger partial charge in [0.1, 0.15) is 0 Å². The molecule has 0 fully saturated rings. The van der Waals surface area contributed by atoms with Crippen LogP contribution in [0.4, 0.5) is 4.79 Å². The lowest BCUT2D eigenvalue weighted by Crippen LogP contribution is -2.37. The predicted octanol–water partition coefficient (Wildman–Crippen LogP) is 2.22. The molecule has 0 aliphatic carbocycles. The van der Waals surface area contributed by atoms with Crippen LogP contribution in [0.1, 0.15) is 13.8 Å². The van der Waals surface area contributed by atoms with Crippen molar-refractivity contribution in [3.63, 3.8) is 0 Å². The molecule has 0 aliphatic rings. The van der Waals surface area contributed by atoms with Crippen molar-refractivity contribution in [3.8, 4) is 0 Å². The Morgan fingerprint density at radius 2 is 1.67 bits per heavy atom. The molecule has 72 valence electrons. The van der Waals surface area contributed by atoms with Crippen LogP contribution in [0.15, 0.2) is 0 Å². The Hall–Kier alpha value is -0.150. The molecular weight excluding hydrogens is 201 g/mol. The SMILES string of the molecule is CC(Cl)CN(CC(C)Cl)C(=O)O. The average molecular weight is 214 g/mol. The van der Waals surface area contributed by atoms with Crippen molar-refractivity contribution < 1.29 is 9.90 Å². The first-order valence-electron chi connectivity index (χ1n) is 3.69. The lowest BCUT2D eigenvalue weighted by atomic mass is 10.4. The molecule has 2 atom stereocenters. The molecule has 0 heterocycles. The van der Waals surface area contributed by atoms with Gasteiger partial charge < -0.3 is 10.0 Å². The quantitative estimate of drug-likeness (QED) is 0.729. The second kappa shape index (κ2) is 5.49. The smallest absolute Gasteiger partial charge is 0.407 e. The monoisotopic (exact) mass is 213 g/mol. The third-order valence-electron chi connectivity index (χ3n) is 1.21. The topological polar surface area (TPSA) is 40.5 Å². The highest BCUT2D eigenvalue weighted by Crippen LogP contribution is 2.03. The van der Waals surface area contributed by atoms with Crippen molar-refractivity contribution >= 4 is 29.3 Å². The number of hydrogen-bond donors (Lipinski definition) is 1. The lowest BCUT2D eigenvalue weighted by Gasteiger charge is -2.21. The molecule has 0 rings (SSSR count). The number of hydrogen-bond acceptors (Lipinski definition) is 1. The molecule has 1 N–H and O–H groups in total. The number of alkyl halides is 2. The second-order valence-electron chi connectivity index (χ2n) is 2.75. The van der Waals surface area contributed by atoms with E-state index in [0.717, 1.165) is 0 Å². The number of amides is 1. The van der Waals surface area contributed by atoms with E-state index in [1.807, 2.05) is 0 Å². The molecule has 0 bridgehead atoms. The fourth-order valence-electron chi connectivity index (χ4n) is 0.838. The lowest BCUT2D eigenvalue weighted by molar-refractivity contribution is 0.146. The predicted molar refractivity (Wildman–Crippen MR) is 50.2 cm³/mol. The van der Waals surface area contributed by atoms with E-state index in [1.165, 1.54) is 4.90 Å². The maximum Gasteiger partial charge on any atom is 0.407 e. The summed E-state index contributed by atoms with van der Waals surface area (Å²) in [6.45, 7) is 4.12.